The number of benzene rings is 3. The lowest BCUT2D eigenvalue weighted by Crippen LogP contribution is -2.33. The van der Waals surface area contributed by atoms with E-state index >= 15 is 0 Å². The molecule has 18 heteroatoms. The number of para-hydroxylation sites is 1. The van der Waals surface area contributed by atoms with Gasteiger partial charge in [-0.2, -0.15) is 36.2 Å². The average Bonchev–Trinajstić information content (AvgIpc) is 2.97. The van der Waals surface area contributed by atoms with E-state index < -0.39 is 58.8 Å². The second-order valence-electron chi connectivity index (χ2n) is 11.0. The molecule has 0 saturated carbocycles. The third-order valence-corrected chi connectivity index (χ3v) is 8.79. The molecular formula is C28H26FN7O8S2. The van der Waals surface area contributed by atoms with Crippen LogP contribution >= 0.6 is 0 Å². The Morgan fingerprint density at radius 3 is 1.93 bits per heavy atom. The van der Waals surface area contributed by atoms with Gasteiger partial charge in [0.05, 0.1) is 22.5 Å². The fraction of sp³-hybridized carbons (Fsp3) is 0.179. The van der Waals surface area contributed by atoms with Crippen LogP contribution in [0.15, 0.2) is 64.4 Å². The normalized spacial score (nSPS) is 13.2. The summed E-state index contributed by atoms with van der Waals surface area (Å²) in [6.07, 6.45) is -1.20. The summed E-state index contributed by atoms with van der Waals surface area (Å²) < 4.78 is 81.3. The Bertz CT molecular complexity index is 2140. The van der Waals surface area contributed by atoms with E-state index in [0.717, 1.165) is 12.1 Å². The number of carbonyl (C=O) groups excluding carboxylic acids is 2. The van der Waals surface area contributed by atoms with Gasteiger partial charge in [0.25, 0.3) is 20.2 Å². The smallest absolute Gasteiger partial charge is 0.315 e. The van der Waals surface area contributed by atoms with Crippen molar-refractivity contribution in [3.63, 3.8) is 0 Å². The molecular weight excluding hydrogens is 645 g/mol. The number of hydrogen-bond acceptors (Lipinski definition) is 13. The standard InChI is InChI=1S/C28H26FN7O8S2/c1-28(2,13-32-26-34-25(29)35-27(36-26)33-16-9-5-6-10-18(16)45(39,40)41)12-31-17-11-19(46(42,43)44)22(30)21-20(17)23(37)14-7-3-4-8-15(14)24(21)38/h3-11,31H,12-13,30H2,1-2H3,(H,39,40,41)(H,42,43,44)(H2,32,33,34,35,36). The molecule has 46 heavy (non-hydrogen) atoms. The molecule has 1 aromatic heterocycles. The molecule has 1 aliphatic carbocycles. The van der Waals surface area contributed by atoms with Gasteiger partial charge in [-0.05, 0) is 23.6 Å². The summed E-state index contributed by atoms with van der Waals surface area (Å²) >= 11 is 0. The highest BCUT2D eigenvalue weighted by Gasteiger charge is 2.36. The van der Waals surface area contributed by atoms with E-state index in [1.807, 2.05) is 0 Å². The number of carbonyl (C=O) groups is 2. The van der Waals surface area contributed by atoms with Crippen LogP contribution < -0.4 is 21.7 Å². The molecule has 3 aromatic carbocycles. The second-order valence-corrected chi connectivity index (χ2v) is 13.8. The predicted octanol–water partition coefficient (Wildman–Crippen LogP) is 3.16. The summed E-state index contributed by atoms with van der Waals surface area (Å²) in [4.78, 5) is 36.8. The van der Waals surface area contributed by atoms with Crippen molar-refractivity contribution < 1.29 is 39.9 Å². The summed E-state index contributed by atoms with van der Waals surface area (Å²) in [5, 5.41) is 8.36. The molecule has 0 atom stereocenters. The van der Waals surface area contributed by atoms with Crippen LogP contribution in [-0.2, 0) is 20.2 Å². The van der Waals surface area contributed by atoms with E-state index in [1.54, 1.807) is 26.0 Å². The second kappa shape index (κ2) is 11.7. The summed E-state index contributed by atoms with van der Waals surface area (Å²) in [6.45, 7) is 3.59. The Kier molecular flexibility index (Phi) is 8.24. The van der Waals surface area contributed by atoms with Crippen LogP contribution in [0, 0.1) is 11.5 Å². The van der Waals surface area contributed by atoms with Crippen LogP contribution in [0.1, 0.15) is 45.7 Å². The van der Waals surface area contributed by atoms with Gasteiger partial charge in [0.15, 0.2) is 11.6 Å². The zero-order valence-corrected chi connectivity index (χ0v) is 25.7. The quantitative estimate of drug-likeness (QED) is 0.0922. The monoisotopic (exact) mass is 671 g/mol. The summed E-state index contributed by atoms with van der Waals surface area (Å²) in [5.74, 6) is -1.86. The van der Waals surface area contributed by atoms with Crippen LogP contribution in [0.5, 0.6) is 0 Å². The molecule has 1 aliphatic rings. The van der Waals surface area contributed by atoms with Crippen molar-refractivity contribution in [3.8, 4) is 0 Å². The molecule has 0 bridgehead atoms. The fourth-order valence-electron chi connectivity index (χ4n) is 4.76. The van der Waals surface area contributed by atoms with Crippen molar-refractivity contribution in [2.24, 2.45) is 5.41 Å². The first kappa shape index (κ1) is 32.4. The fourth-order valence-corrected chi connectivity index (χ4v) is 6.06. The van der Waals surface area contributed by atoms with Gasteiger partial charge in [-0.15, -0.1) is 0 Å². The zero-order chi connectivity index (χ0) is 33.6. The van der Waals surface area contributed by atoms with Gasteiger partial charge in [0.2, 0.25) is 11.9 Å². The minimum absolute atomic E-state index is 0.0325. The van der Waals surface area contributed by atoms with E-state index in [0.29, 0.717) is 0 Å². The van der Waals surface area contributed by atoms with Gasteiger partial charge in [-0.25, -0.2) is 0 Å². The van der Waals surface area contributed by atoms with Crippen LogP contribution in [0.3, 0.4) is 0 Å². The largest absolute Gasteiger partial charge is 0.397 e. The zero-order valence-electron chi connectivity index (χ0n) is 24.1. The van der Waals surface area contributed by atoms with Crippen molar-refractivity contribution in [2.45, 2.75) is 23.6 Å². The molecule has 1 heterocycles. The van der Waals surface area contributed by atoms with Gasteiger partial charge in [0, 0.05) is 29.9 Å². The third-order valence-electron chi connectivity index (χ3n) is 6.98. The van der Waals surface area contributed by atoms with Crippen molar-refractivity contribution in [1.29, 1.82) is 0 Å². The summed E-state index contributed by atoms with van der Waals surface area (Å²) in [7, 11) is -9.52. The number of nitrogen functional groups attached to an aromatic ring is 1. The van der Waals surface area contributed by atoms with Crippen molar-refractivity contribution in [1.82, 2.24) is 15.0 Å². The number of nitrogens with two attached hydrogens (primary N) is 1. The Morgan fingerprint density at radius 2 is 1.30 bits per heavy atom. The molecule has 240 valence electrons. The van der Waals surface area contributed by atoms with Crippen LogP contribution in [-0.4, -0.2) is 65.5 Å². The van der Waals surface area contributed by atoms with Crippen molar-refractivity contribution >= 4 is 60.8 Å². The molecule has 0 fully saturated rings. The first-order valence-electron chi connectivity index (χ1n) is 13.3. The van der Waals surface area contributed by atoms with Crippen LogP contribution in [0.25, 0.3) is 0 Å². The molecule has 0 aliphatic heterocycles. The maximum absolute atomic E-state index is 14.3. The topological polar surface area (TPSA) is 244 Å². The van der Waals surface area contributed by atoms with Crippen molar-refractivity contribution in [2.75, 3.05) is 34.8 Å². The Morgan fingerprint density at radius 1 is 0.761 bits per heavy atom. The maximum atomic E-state index is 14.3. The van der Waals surface area contributed by atoms with E-state index in [-0.39, 0.29) is 58.6 Å². The first-order valence-corrected chi connectivity index (χ1v) is 16.2. The lowest BCUT2D eigenvalue weighted by molar-refractivity contribution is 0.0980. The highest BCUT2D eigenvalue weighted by atomic mass is 32.2. The molecule has 0 spiro atoms. The average molecular weight is 672 g/mol. The van der Waals surface area contributed by atoms with E-state index in [9.17, 15) is 39.9 Å². The number of nitrogens with zero attached hydrogens (tertiary/aromatic N) is 3. The lowest BCUT2D eigenvalue weighted by atomic mass is 9.82. The lowest BCUT2D eigenvalue weighted by Gasteiger charge is -2.28. The minimum atomic E-state index is -4.90. The summed E-state index contributed by atoms with van der Waals surface area (Å²) in [6, 6.07) is 12.3. The van der Waals surface area contributed by atoms with Crippen molar-refractivity contribution in [3.05, 3.63) is 82.9 Å². The Hall–Kier alpha value is -5.04. The van der Waals surface area contributed by atoms with Crippen LogP contribution in [0.4, 0.5) is 33.3 Å². The number of aromatic nitrogens is 3. The number of ketones is 2. The highest BCUT2D eigenvalue weighted by Crippen LogP contribution is 2.39. The Balaban J connectivity index is 1.39. The van der Waals surface area contributed by atoms with Gasteiger partial charge >= 0.3 is 6.08 Å². The summed E-state index contributed by atoms with van der Waals surface area (Å²) in [5.41, 5.74) is 4.15. The SMILES string of the molecule is CC(C)(CNc1nc(F)nc(Nc2ccccc2S(=O)(=O)O)n1)CNc1cc(S(=O)(=O)O)c(N)c2c1C(=O)c1ccccc1C2=O. The Labute approximate surface area is 262 Å². The molecule has 0 saturated heterocycles. The van der Waals surface area contributed by atoms with Crippen LogP contribution in [0.2, 0.25) is 0 Å². The molecule has 0 amide bonds. The molecule has 0 radical (unpaired) electrons. The number of hydrogen-bond donors (Lipinski definition) is 6. The molecule has 4 aromatic rings. The molecule has 0 unspecified atom stereocenters. The van der Waals surface area contributed by atoms with E-state index in [4.69, 9.17) is 5.73 Å². The number of halogens is 1. The first-order chi connectivity index (χ1) is 21.5. The predicted molar refractivity (Wildman–Crippen MR) is 164 cm³/mol. The van der Waals surface area contributed by atoms with E-state index in [2.05, 4.69) is 30.9 Å². The number of rotatable bonds is 10. The third kappa shape index (κ3) is 6.50. The maximum Gasteiger partial charge on any atom is 0.315 e. The van der Waals surface area contributed by atoms with Gasteiger partial charge in [-0.1, -0.05) is 50.2 Å². The van der Waals surface area contributed by atoms with Gasteiger partial charge in [0.1, 0.15) is 9.79 Å². The van der Waals surface area contributed by atoms with Gasteiger partial charge < -0.3 is 21.7 Å². The van der Waals surface area contributed by atoms with Gasteiger partial charge in [-0.3, -0.25) is 18.7 Å². The minimum Gasteiger partial charge on any atom is -0.397 e. The number of fused-ring (bicyclic) bond motifs is 2. The molecule has 7 N–H and O–H groups in total. The highest BCUT2D eigenvalue weighted by molar-refractivity contribution is 7.86. The molecule has 5 rings (SSSR count). The molecule has 15 nitrogen and oxygen atoms in total. The number of anilines is 5. The number of nitrogens with one attached hydrogen (secondary N) is 3. The van der Waals surface area contributed by atoms with E-state index in [1.165, 1.54) is 30.3 Å².